The fourth-order valence-electron chi connectivity index (χ4n) is 8.82. The minimum atomic E-state index is -3.36. The minimum absolute atomic E-state index is 0.225. The largest absolute Gasteiger partial charge is 0.477 e. The van der Waals surface area contributed by atoms with Gasteiger partial charge < -0.3 is 141 Å². The molecule has 32 heteroatoms. The van der Waals surface area contributed by atoms with Crippen LogP contribution in [0.25, 0.3) is 0 Å². The van der Waals surface area contributed by atoms with Crippen molar-refractivity contribution in [1.82, 2.24) is 15.6 Å². The first-order chi connectivity index (χ1) is 35.0. The van der Waals surface area contributed by atoms with E-state index in [0.717, 1.165) is 13.8 Å². The third-order valence-corrected chi connectivity index (χ3v) is 12.7. The number of amides is 2. The molecule has 1 aromatic heterocycles. The number of anilines is 1. The summed E-state index contributed by atoms with van der Waals surface area (Å²) in [7, 11) is 0. The van der Waals surface area contributed by atoms with Crippen LogP contribution in [0.4, 0.5) is 5.82 Å². The second-order valence-corrected chi connectivity index (χ2v) is 18.0. The summed E-state index contributed by atoms with van der Waals surface area (Å²) in [6.45, 7) is -4.19. The molecule has 1 aromatic rings. The van der Waals surface area contributed by atoms with Crippen LogP contribution in [0.3, 0.4) is 0 Å². The first-order valence-corrected chi connectivity index (χ1v) is 23.2. The molecule has 5 heterocycles. The normalized spacial score (nSPS) is 39.2. The summed E-state index contributed by atoms with van der Waals surface area (Å²) < 4.78 is 46.8. The maximum absolute atomic E-state index is 13.5. The molecule has 4 fully saturated rings. The number of carbonyl (C=O) groups is 3. The molecule has 5 rings (SSSR count). The van der Waals surface area contributed by atoms with Crippen LogP contribution in [-0.4, -0.2) is 302 Å². The number of aromatic nitrogens is 1. The van der Waals surface area contributed by atoms with Crippen LogP contribution in [0.2, 0.25) is 0 Å². The van der Waals surface area contributed by atoms with Crippen molar-refractivity contribution in [2.45, 2.75) is 173 Å². The van der Waals surface area contributed by atoms with E-state index in [1.54, 1.807) is 12.1 Å². The van der Waals surface area contributed by atoms with Crippen LogP contribution < -0.4 is 16.0 Å². The molecule has 0 unspecified atom stereocenters. The standard InChI is InChI=1S/C42H68N4O28/c1-14(52)45-24-16(54)7-42(41(65)66,73-36(24)27(59)18(56)9-47)74-37-32(64)40(70-33(19(57)10-48)26(58)17(55)8-44-23-5-3-4-6-43-23)69-22(13-51)34(37)71-38-25(46-15(2)53)35(29(61)21(12-50)67-38)72-39-31(63)30(62)28(60)20(11-49)68-39/h3-6,16-22,24-40,47-51,54-64H,7-13H2,1-2H3,(H,43,44)(H,45,52)(H,46,53)(H,65,66)/t16-,17-,18+,19+,20+,21+,22+,24+,25+,26+,27+,28-,29-,30-,31+,32+,33+,34-,35+,36+,37+,38-,39-,40-,42-/m0/s1. The quantitative estimate of drug-likeness (QED) is 0.0457. The average Bonchev–Trinajstić information content (AvgIpc) is 3.37. The Kier molecular flexibility index (Phi) is 22.5. The molecule has 0 aromatic carbocycles. The van der Waals surface area contributed by atoms with Gasteiger partial charge in [0.25, 0.3) is 5.79 Å². The van der Waals surface area contributed by atoms with E-state index in [0.29, 0.717) is 0 Å². The third-order valence-electron chi connectivity index (χ3n) is 12.7. The Bertz CT molecular complexity index is 1920. The van der Waals surface area contributed by atoms with Gasteiger partial charge in [-0.15, -0.1) is 0 Å². The highest BCUT2D eigenvalue weighted by Gasteiger charge is 2.61. The van der Waals surface area contributed by atoms with Crippen LogP contribution in [0.5, 0.6) is 0 Å². The maximum atomic E-state index is 13.5. The summed E-state index contributed by atoms with van der Waals surface area (Å²) in [5.74, 6) is -7.08. The SMILES string of the molecule is CC(=O)N[C@H]1[C@H](O[C@@H]2[C@H](O[C@]3(C(=O)O)C[C@H](O)[C@@H](NC(C)=O)[C@H]([C@H](O)[C@H](O)CO)O3)[C@@H](O)[C@H](O[C@@H]([C@H](O)[C@@H](O)CNc3ccccn3)[C@H](O)CO)O[C@@H]2CO)O[C@H](CO)[C@H](O)[C@@H]1O[C@@H]1O[C@H](CO)[C@H](O)[C@H](O)[C@H]1O. The molecule has 0 bridgehead atoms. The zero-order chi connectivity index (χ0) is 54.9. The third kappa shape index (κ3) is 14.1. The van der Waals surface area contributed by atoms with Crippen LogP contribution in [0, 0.1) is 0 Å². The van der Waals surface area contributed by atoms with E-state index in [9.17, 15) is 101 Å². The lowest BCUT2D eigenvalue weighted by molar-refractivity contribution is -0.398. The summed E-state index contributed by atoms with van der Waals surface area (Å²) in [5, 5.41) is 191. The van der Waals surface area contributed by atoms with Gasteiger partial charge in [-0.2, -0.15) is 0 Å². The van der Waals surface area contributed by atoms with Crippen molar-refractivity contribution < 1.29 is 139 Å². The predicted molar refractivity (Wildman–Crippen MR) is 235 cm³/mol. The number of carboxylic acids is 1. The molecular weight excluding hydrogens is 1010 g/mol. The molecule has 4 aliphatic rings. The first-order valence-electron chi connectivity index (χ1n) is 23.2. The van der Waals surface area contributed by atoms with Crippen LogP contribution in [-0.2, 0) is 52.3 Å². The number of ether oxygens (including phenoxy) is 8. The summed E-state index contributed by atoms with van der Waals surface area (Å²) in [4.78, 5) is 42.6. The number of nitrogens with zero attached hydrogens (tertiary/aromatic N) is 1. The number of rotatable bonds is 24. The van der Waals surface area contributed by atoms with Crippen LogP contribution in [0.15, 0.2) is 24.4 Å². The topological polar surface area (TPSA) is 518 Å². The number of carboxylic acid groups (broad SMARTS) is 1. The second kappa shape index (κ2) is 27.1. The Morgan fingerprint density at radius 3 is 1.84 bits per heavy atom. The molecule has 2 amide bonds. The Morgan fingerprint density at radius 1 is 0.689 bits per heavy atom. The Hall–Kier alpha value is -3.60. The van der Waals surface area contributed by atoms with Gasteiger partial charge in [0.1, 0.15) is 116 Å². The predicted octanol–water partition coefficient (Wildman–Crippen LogP) is -11.3. The van der Waals surface area contributed by atoms with Crippen molar-refractivity contribution in [3.05, 3.63) is 24.4 Å². The van der Waals surface area contributed by atoms with Gasteiger partial charge >= 0.3 is 5.97 Å². The zero-order valence-corrected chi connectivity index (χ0v) is 39.7. The van der Waals surface area contributed by atoms with Crippen molar-refractivity contribution in [2.75, 3.05) is 44.9 Å². The summed E-state index contributed by atoms with van der Waals surface area (Å²) in [6, 6.07) is 1.05. The Morgan fingerprint density at radius 2 is 1.27 bits per heavy atom. The second-order valence-electron chi connectivity index (χ2n) is 18.0. The van der Waals surface area contributed by atoms with Gasteiger partial charge in [0, 0.05) is 33.0 Å². The Labute approximate surface area is 420 Å². The number of pyridine rings is 1. The summed E-state index contributed by atoms with van der Waals surface area (Å²) in [5.41, 5.74) is 0. The fraction of sp³-hybridized carbons (Fsp3) is 0.810. The molecule has 4 aliphatic heterocycles. The van der Waals surface area contributed by atoms with Crippen molar-refractivity contribution in [3.8, 4) is 0 Å². The smallest absolute Gasteiger partial charge is 0.364 e. The van der Waals surface area contributed by atoms with Gasteiger partial charge in [0.15, 0.2) is 18.9 Å². The number of nitrogens with one attached hydrogen (secondary N) is 3. The summed E-state index contributed by atoms with van der Waals surface area (Å²) >= 11 is 0. The van der Waals surface area contributed by atoms with Crippen molar-refractivity contribution in [3.63, 3.8) is 0 Å². The highest BCUT2D eigenvalue weighted by molar-refractivity contribution is 5.76. The molecule has 20 N–H and O–H groups in total. The molecule has 0 aliphatic carbocycles. The van der Waals surface area contributed by atoms with Crippen molar-refractivity contribution in [2.24, 2.45) is 0 Å². The van der Waals surface area contributed by atoms with E-state index in [2.05, 4.69) is 20.9 Å². The van der Waals surface area contributed by atoms with Crippen molar-refractivity contribution >= 4 is 23.6 Å². The number of hydrogen-bond donors (Lipinski definition) is 20. The van der Waals surface area contributed by atoms with Crippen LogP contribution in [0.1, 0.15) is 20.3 Å². The van der Waals surface area contributed by atoms with E-state index in [4.69, 9.17) is 37.9 Å². The molecule has 0 spiro atoms. The molecule has 32 nitrogen and oxygen atoms in total. The highest BCUT2D eigenvalue weighted by Crippen LogP contribution is 2.40. The average molecular weight is 1080 g/mol. The van der Waals surface area contributed by atoms with E-state index in [-0.39, 0.29) is 5.82 Å². The van der Waals surface area contributed by atoms with E-state index < -0.39 is 216 Å². The Balaban J connectivity index is 1.60. The lowest BCUT2D eigenvalue weighted by Gasteiger charge is -2.52. The molecule has 424 valence electrons. The zero-order valence-electron chi connectivity index (χ0n) is 39.7. The van der Waals surface area contributed by atoms with E-state index >= 15 is 0 Å². The molecule has 4 saturated heterocycles. The fourth-order valence-corrected chi connectivity index (χ4v) is 8.82. The van der Waals surface area contributed by atoms with Gasteiger partial charge in [-0.1, -0.05) is 6.07 Å². The van der Waals surface area contributed by atoms with Crippen molar-refractivity contribution in [1.29, 1.82) is 0 Å². The van der Waals surface area contributed by atoms with Gasteiger partial charge in [-0.05, 0) is 12.1 Å². The van der Waals surface area contributed by atoms with E-state index in [1.165, 1.54) is 12.3 Å². The van der Waals surface area contributed by atoms with Crippen LogP contribution >= 0.6 is 0 Å². The first kappa shape index (κ1) is 61.3. The van der Waals surface area contributed by atoms with Gasteiger partial charge in [0.2, 0.25) is 11.8 Å². The molecule has 25 atom stereocenters. The number of hydrogen-bond acceptors (Lipinski definition) is 29. The van der Waals surface area contributed by atoms with Gasteiger partial charge in [-0.3, -0.25) is 9.59 Å². The molecular formula is C42H68N4O28. The molecule has 0 radical (unpaired) electrons. The molecule has 74 heavy (non-hydrogen) atoms. The molecule has 0 saturated carbocycles. The summed E-state index contributed by atoms with van der Waals surface area (Å²) in [6.07, 6.45) is -46.1. The van der Waals surface area contributed by atoms with Gasteiger partial charge in [0.05, 0.1) is 51.3 Å². The maximum Gasteiger partial charge on any atom is 0.364 e. The number of carbonyl (C=O) groups excluding carboxylic acids is 2. The number of aliphatic carboxylic acids is 1. The van der Waals surface area contributed by atoms with Gasteiger partial charge in [-0.25, -0.2) is 9.78 Å². The van der Waals surface area contributed by atoms with E-state index in [1.807, 2.05) is 0 Å². The minimum Gasteiger partial charge on any atom is -0.477 e. The number of aliphatic hydroxyl groups excluding tert-OH is 16. The lowest BCUT2D eigenvalue weighted by Crippen LogP contribution is -2.72. The monoisotopic (exact) mass is 1080 g/mol. The highest BCUT2D eigenvalue weighted by atomic mass is 16.8. The number of aliphatic hydroxyl groups is 16. The lowest BCUT2D eigenvalue weighted by atomic mass is 9.88.